The number of fused-ring (bicyclic) bond motifs is 1. The SMILES string of the molecule is CC1(C)CC(O)c2ccc(OC(F)F)cc2O1. The minimum absolute atomic E-state index is 0.0312. The lowest BCUT2D eigenvalue weighted by molar-refractivity contribution is -0.0503. The van der Waals surface area contributed by atoms with Gasteiger partial charge in [-0.05, 0) is 26.0 Å². The Balaban J connectivity index is 2.31. The van der Waals surface area contributed by atoms with Crippen molar-refractivity contribution in [1.82, 2.24) is 0 Å². The smallest absolute Gasteiger partial charge is 0.387 e. The Morgan fingerprint density at radius 1 is 1.47 bits per heavy atom. The zero-order chi connectivity index (χ0) is 12.6. The first-order chi connectivity index (χ1) is 7.87. The van der Waals surface area contributed by atoms with Crippen LogP contribution in [0.25, 0.3) is 0 Å². The third kappa shape index (κ3) is 2.66. The van der Waals surface area contributed by atoms with E-state index >= 15 is 0 Å². The molecule has 1 heterocycles. The van der Waals surface area contributed by atoms with Crippen LogP contribution in [0.3, 0.4) is 0 Å². The summed E-state index contributed by atoms with van der Waals surface area (Å²) in [6.07, 6.45) is -0.177. The van der Waals surface area contributed by atoms with Crippen LogP contribution in [-0.2, 0) is 0 Å². The van der Waals surface area contributed by atoms with E-state index in [1.165, 1.54) is 12.1 Å². The molecule has 17 heavy (non-hydrogen) atoms. The molecule has 0 saturated heterocycles. The molecule has 0 spiro atoms. The highest BCUT2D eigenvalue weighted by molar-refractivity contribution is 5.43. The summed E-state index contributed by atoms with van der Waals surface area (Å²) < 4.78 is 34.1. The molecule has 1 unspecified atom stereocenters. The van der Waals surface area contributed by atoms with Gasteiger partial charge < -0.3 is 14.6 Å². The van der Waals surface area contributed by atoms with Gasteiger partial charge in [0.2, 0.25) is 0 Å². The molecule has 0 amide bonds. The summed E-state index contributed by atoms with van der Waals surface area (Å²) in [5, 5.41) is 9.90. The first-order valence-corrected chi connectivity index (χ1v) is 5.33. The zero-order valence-electron chi connectivity index (χ0n) is 9.61. The normalized spacial score (nSPS) is 21.9. The van der Waals surface area contributed by atoms with E-state index in [0.29, 0.717) is 17.7 Å². The van der Waals surface area contributed by atoms with Gasteiger partial charge in [-0.25, -0.2) is 0 Å². The fourth-order valence-electron chi connectivity index (χ4n) is 1.97. The largest absolute Gasteiger partial charge is 0.487 e. The Bertz CT molecular complexity index is 418. The van der Waals surface area contributed by atoms with Gasteiger partial charge in [-0.15, -0.1) is 0 Å². The van der Waals surface area contributed by atoms with Crippen LogP contribution in [-0.4, -0.2) is 17.3 Å². The molecule has 94 valence electrons. The van der Waals surface area contributed by atoms with E-state index < -0.39 is 18.3 Å². The third-order valence-corrected chi connectivity index (χ3v) is 2.64. The maximum absolute atomic E-state index is 12.1. The van der Waals surface area contributed by atoms with E-state index in [0.717, 1.165) is 0 Å². The van der Waals surface area contributed by atoms with Gasteiger partial charge in [0.1, 0.15) is 17.1 Å². The lowest BCUT2D eigenvalue weighted by Gasteiger charge is -2.35. The highest BCUT2D eigenvalue weighted by Crippen LogP contribution is 2.41. The van der Waals surface area contributed by atoms with Gasteiger partial charge in [0.05, 0.1) is 6.10 Å². The van der Waals surface area contributed by atoms with E-state index in [4.69, 9.17) is 4.74 Å². The lowest BCUT2D eigenvalue weighted by atomic mass is 9.92. The van der Waals surface area contributed by atoms with Gasteiger partial charge in [0, 0.05) is 18.1 Å². The summed E-state index contributed by atoms with van der Waals surface area (Å²) in [6.45, 7) is 0.800. The molecule has 0 bridgehead atoms. The molecule has 1 atom stereocenters. The second-order valence-electron chi connectivity index (χ2n) is 4.66. The Kier molecular flexibility index (Phi) is 2.95. The molecular formula is C12H14F2O3. The van der Waals surface area contributed by atoms with Crippen molar-refractivity contribution >= 4 is 0 Å². The summed E-state index contributed by atoms with van der Waals surface area (Å²) in [4.78, 5) is 0. The maximum atomic E-state index is 12.1. The van der Waals surface area contributed by atoms with Crippen LogP contribution >= 0.6 is 0 Å². The van der Waals surface area contributed by atoms with Crippen molar-refractivity contribution in [2.75, 3.05) is 0 Å². The van der Waals surface area contributed by atoms with Crippen LogP contribution in [0.4, 0.5) is 8.78 Å². The Labute approximate surface area is 98.0 Å². The lowest BCUT2D eigenvalue weighted by Crippen LogP contribution is -2.34. The van der Waals surface area contributed by atoms with Gasteiger partial charge in [-0.1, -0.05) is 0 Å². The standard InChI is InChI=1S/C12H14F2O3/c1-12(2)6-9(15)8-4-3-7(16-11(13)14)5-10(8)17-12/h3-5,9,11,15H,6H2,1-2H3. The van der Waals surface area contributed by atoms with Crippen LogP contribution in [0.15, 0.2) is 18.2 Å². The highest BCUT2D eigenvalue weighted by atomic mass is 19.3. The number of rotatable bonds is 2. The first-order valence-electron chi connectivity index (χ1n) is 5.33. The molecule has 2 rings (SSSR count). The van der Waals surface area contributed by atoms with E-state index in [1.807, 2.05) is 13.8 Å². The number of hydrogen-bond acceptors (Lipinski definition) is 3. The summed E-state index contributed by atoms with van der Waals surface area (Å²) >= 11 is 0. The van der Waals surface area contributed by atoms with Gasteiger partial charge >= 0.3 is 6.61 Å². The van der Waals surface area contributed by atoms with Crippen molar-refractivity contribution in [3.05, 3.63) is 23.8 Å². The molecule has 0 aliphatic carbocycles. The van der Waals surface area contributed by atoms with Crippen molar-refractivity contribution in [1.29, 1.82) is 0 Å². The van der Waals surface area contributed by atoms with E-state index in [-0.39, 0.29) is 5.75 Å². The first kappa shape index (κ1) is 12.1. The van der Waals surface area contributed by atoms with Crippen molar-refractivity contribution in [3.8, 4) is 11.5 Å². The second kappa shape index (κ2) is 4.14. The van der Waals surface area contributed by atoms with Crippen molar-refractivity contribution < 1.29 is 23.4 Å². The molecule has 0 radical (unpaired) electrons. The van der Waals surface area contributed by atoms with Crippen LogP contribution in [0.5, 0.6) is 11.5 Å². The third-order valence-electron chi connectivity index (χ3n) is 2.64. The van der Waals surface area contributed by atoms with Crippen molar-refractivity contribution in [3.63, 3.8) is 0 Å². The number of alkyl halides is 2. The molecule has 1 aliphatic heterocycles. The molecule has 0 saturated carbocycles. The Morgan fingerprint density at radius 2 is 2.18 bits per heavy atom. The van der Waals surface area contributed by atoms with Crippen LogP contribution in [0.2, 0.25) is 0 Å². The molecular weight excluding hydrogens is 230 g/mol. The number of benzene rings is 1. The monoisotopic (exact) mass is 244 g/mol. The molecule has 5 heteroatoms. The average molecular weight is 244 g/mol. The number of halogens is 2. The van der Waals surface area contributed by atoms with E-state index in [2.05, 4.69) is 4.74 Å². The Morgan fingerprint density at radius 3 is 2.82 bits per heavy atom. The number of hydrogen-bond donors (Lipinski definition) is 1. The summed E-state index contributed by atoms with van der Waals surface area (Å²) in [6, 6.07) is 4.33. The molecule has 3 nitrogen and oxygen atoms in total. The van der Waals surface area contributed by atoms with Crippen LogP contribution in [0.1, 0.15) is 31.9 Å². The summed E-state index contributed by atoms with van der Waals surface area (Å²) in [7, 11) is 0. The molecule has 1 aromatic rings. The molecule has 0 aromatic heterocycles. The summed E-state index contributed by atoms with van der Waals surface area (Å²) in [5.74, 6) is 0.426. The Hall–Kier alpha value is -1.36. The van der Waals surface area contributed by atoms with E-state index in [1.54, 1.807) is 6.07 Å². The predicted molar refractivity (Wildman–Crippen MR) is 57.4 cm³/mol. The molecule has 0 fully saturated rings. The second-order valence-corrected chi connectivity index (χ2v) is 4.66. The predicted octanol–water partition coefficient (Wildman–Crippen LogP) is 2.88. The minimum Gasteiger partial charge on any atom is -0.487 e. The zero-order valence-corrected chi connectivity index (χ0v) is 9.61. The van der Waals surface area contributed by atoms with Crippen molar-refractivity contribution in [2.45, 2.75) is 38.6 Å². The van der Waals surface area contributed by atoms with E-state index in [9.17, 15) is 13.9 Å². The average Bonchev–Trinajstić information content (AvgIpc) is 2.13. The van der Waals surface area contributed by atoms with Gasteiger partial charge in [0.25, 0.3) is 0 Å². The number of aliphatic hydroxyl groups is 1. The van der Waals surface area contributed by atoms with Gasteiger partial charge in [-0.2, -0.15) is 8.78 Å². The molecule has 1 aromatic carbocycles. The van der Waals surface area contributed by atoms with Crippen molar-refractivity contribution in [2.24, 2.45) is 0 Å². The van der Waals surface area contributed by atoms with Crippen LogP contribution < -0.4 is 9.47 Å². The highest BCUT2D eigenvalue weighted by Gasteiger charge is 2.32. The quantitative estimate of drug-likeness (QED) is 0.869. The molecule has 1 aliphatic rings. The number of ether oxygens (including phenoxy) is 2. The fraction of sp³-hybridized carbons (Fsp3) is 0.500. The van der Waals surface area contributed by atoms with Gasteiger partial charge in [-0.3, -0.25) is 0 Å². The maximum Gasteiger partial charge on any atom is 0.387 e. The summed E-state index contributed by atoms with van der Waals surface area (Å²) in [5.41, 5.74) is 0.0847. The topological polar surface area (TPSA) is 38.7 Å². The fourth-order valence-corrected chi connectivity index (χ4v) is 1.97. The molecule has 1 N–H and O–H groups in total. The van der Waals surface area contributed by atoms with Gasteiger partial charge in [0.15, 0.2) is 0 Å². The van der Waals surface area contributed by atoms with Crippen LogP contribution in [0, 0.1) is 0 Å². The minimum atomic E-state index is -2.87. The number of aliphatic hydroxyl groups excluding tert-OH is 1.